The van der Waals surface area contributed by atoms with Gasteiger partial charge in [-0.1, -0.05) is 12.2 Å². The second kappa shape index (κ2) is 4.13. The van der Waals surface area contributed by atoms with Crippen LogP contribution in [0.3, 0.4) is 0 Å². The van der Waals surface area contributed by atoms with Crippen molar-refractivity contribution in [1.82, 2.24) is 5.32 Å². The Labute approximate surface area is 66.6 Å². The Hall–Kier alpha value is -0.830. The van der Waals surface area contributed by atoms with Crippen LogP contribution in [-0.4, -0.2) is 18.5 Å². The number of allylic oxidation sites excluding steroid dienone is 1. The number of carbonyl (C=O) groups is 1. The van der Waals surface area contributed by atoms with Crippen LogP contribution >= 0.6 is 0 Å². The average molecular weight is 154 g/mol. The lowest BCUT2D eigenvalue weighted by molar-refractivity contribution is -0.120. The van der Waals surface area contributed by atoms with Crippen molar-refractivity contribution in [2.45, 2.75) is 25.3 Å². The molecule has 3 heteroatoms. The number of nitrogens with one attached hydrogen (secondary N) is 1. The highest BCUT2D eigenvalue weighted by atomic mass is 16.1. The van der Waals surface area contributed by atoms with E-state index in [1.807, 2.05) is 0 Å². The molecule has 1 rings (SSSR count). The van der Waals surface area contributed by atoms with E-state index in [0.29, 0.717) is 6.04 Å². The van der Waals surface area contributed by atoms with Gasteiger partial charge in [0.25, 0.3) is 0 Å². The molecule has 1 amide bonds. The van der Waals surface area contributed by atoms with Crippen LogP contribution < -0.4 is 11.1 Å². The lowest BCUT2D eigenvalue weighted by Gasteiger charge is -2.18. The lowest BCUT2D eigenvalue weighted by Crippen LogP contribution is -2.39. The predicted octanol–water partition coefficient (Wildman–Crippen LogP) is 0.170. The minimum atomic E-state index is -0.0506. The van der Waals surface area contributed by atoms with Crippen LogP contribution in [0.25, 0.3) is 0 Å². The first kappa shape index (κ1) is 8.27. The van der Waals surface area contributed by atoms with Crippen LogP contribution in [0.1, 0.15) is 19.3 Å². The molecule has 1 aliphatic rings. The third-order valence-electron chi connectivity index (χ3n) is 1.82. The molecule has 0 aromatic rings. The summed E-state index contributed by atoms with van der Waals surface area (Å²) in [5.74, 6) is -0.0506. The van der Waals surface area contributed by atoms with Crippen molar-refractivity contribution in [1.29, 1.82) is 0 Å². The van der Waals surface area contributed by atoms with Gasteiger partial charge in [-0.2, -0.15) is 0 Å². The summed E-state index contributed by atoms with van der Waals surface area (Å²) >= 11 is 0. The van der Waals surface area contributed by atoms with E-state index in [1.165, 1.54) is 0 Å². The highest BCUT2D eigenvalue weighted by Gasteiger charge is 2.10. The second-order valence-corrected chi connectivity index (χ2v) is 2.75. The number of rotatable bonds is 2. The lowest BCUT2D eigenvalue weighted by atomic mass is 10.0. The summed E-state index contributed by atoms with van der Waals surface area (Å²) in [6.07, 6.45) is 7.31. The molecule has 0 saturated carbocycles. The Balaban J connectivity index is 2.26. The summed E-state index contributed by atoms with van der Waals surface area (Å²) in [5, 5.41) is 2.85. The van der Waals surface area contributed by atoms with Crippen molar-refractivity contribution in [3.8, 4) is 0 Å². The molecule has 0 aliphatic heterocycles. The maximum absolute atomic E-state index is 10.8. The van der Waals surface area contributed by atoms with E-state index in [0.717, 1.165) is 19.3 Å². The smallest absolute Gasteiger partial charge is 0.233 e. The van der Waals surface area contributed by atoms with Gasteiger partial charge in [0.1, 0.15) is 0 Å². The molecule has 0 heterocycles. The molecular weight excluding hydrogens is 140 g/mol. The van der Waals surface area contributed by atoms with E-state index >= 15 is 0 Å². The SMILES string of the molecule is NCC(=O)NC1CC=CCC1. The largest absolute Gasteiger partial charge is 0.352 e. The van der Waals surface area contributed by atoms with Gasteiger partial charge in [-0.3, -0.25) is 4.79 Å². The minimum Gasteiger partial charge on any atom is -0.352 e. The van der Waals surface area contributed by atoms with Crippen LogP contribution in [0.4, 0.5) is 0 Å². The van der Waals surface area contributed by atoms with E-state index in [9.17, 15) is 4.79 Å². The van der Waals surface area contributed by atoms with Gasteiger partial charge >= 0.3 is 0 Å². The van der Waals surface area contributed by atoms with Gasteiger partial charge < -0.3 is 11.1 Å². The fraction of sp³-hybridized carbons (Fsp3) is 0.625. The van der Waals surface area contributed by atoms with Crippen LogP contribution in [0.15, 0.2) is 12.2 Å². The fourth-order valence-corrected chi connectivity index (χ4v) is 1.21. The Morgan fingerprint density at radius 1 is 1.64 bits per heavy atom. The molecule has 0 radical (unpaired) electrons. The maximum atomic E-state index is 10.8. The molecule has 11 heavy (non-hydrogen) atoms. The van der Waals surface area contributed by atoms with E-state index in [2.05, 4.69) is 17.5 Å². The Morgan fingerprint density at radius 3 is 3.00 bits per heavy atom. The number of carbonyl (C=O) groups excluding carboxylic acids is 1. The molecule has 1 atom stereocenters. The van der Waals surface area contributed by atoms with E-state index < -0.39 is 0 Å². The molecule has 3 nitrogen and oxygen atoms in total. The quantitative estimate of drug-likeness (QED) is 0.557. The zero-order valence-corrected chi connectivity index (χ0v) is 6.55. The molecule has 0 saturated heterocycles. The first-order valence-corrected chi connectivity index (χ1v) is 3.97. The topological polar surface area (TPSA) is 55.1 Å². The molecule has 62 valence electrons. The van der Waals surface area contributed by atoms with Crippen LogP contribution in [-0.2, 0) is 4.79 Å². The summed E-state index contributed by atoms with van der Waals surface area (Å²) in [7, 11) is 0. The van der Waals surface area contributed by atoms with E-state index in [-0.39, 0.29) is 12.5 Å². The van der Waals surface area contributed by atoms with Gasteiger partial charge in [0.2, 0.25) is 5.91 Å². The third-order valence-corrected chi connectivity index (χ3v) is 1.82. The number of hydrogen-bond acceptors (Lipinski definition) is 2. The maximum Gasteiger partial charge on any atom is 0.233 e. The van der Waals surface area contributed by atoms with Gasteiger partial charge in [-0.05, 0) is 19.3 Å². The summed E-state index contributed by atoms with van der Waals surface area (Å²) < 4.78 is 0. The van der Waals surface area contributed by atoms with Crippen molar-refractivity contribution < 1.29 is 4.79 Å². The molecule has 0 aromatic carbocycles. The Bertz CT molecular complexity index is 165. The van der Waals surface area contributed by atoms with Gasteiger partial charge in [-0.25, -0.2) is 0 Å². The normalized spacial score (nSPS) is 23.2. The predicted molar refractivity (Wildman–Crippen MR) is 44.0 cm³/mol. The third kappa shape index (κ3) is 2.72. The fourth-order valence-electron chi connectivity index (χ4n) is 1.21. The highest BCUT2D eigenvalue weighted by Crippen LogP contribution is 2.09. The molecule has 0 spiro atoms. The van der Waals surface area contributed by atoms with Crippen molar-refractivity contribution in [2.75, 3.05) is 6.54 Å². The second-order valence-electron chi connectivity index (χ2n) is 2.75. The molecule has 3 N–H and O–H groups in total. The molecule has 0 aromatic heterocycles. The zero-order valence-electron chi connectivity index (χ0n) is 6.55. The van der Waals surface area contributed by atoms with Crippen molar-refractivity contribution in [2.24, 2.45) is 5.73 Å². The van der Waals surface area contributed by atoms with Crippen LogP contribution in [0.2, 0.25) is 0 Å². The molecular formula is C8H14N2O. The van der Waals surface area contributed by atoms with Crippen molar-refractivity contribution in [3.05, 3.63) is 12.2 Å². The molecule has 1 aliphatic carbocycles. The van der Waals surface area contributed by atoms with Gasteiger partial charge in [0.05, 0.1) is 6.54 Å². The van der Waals surface area contributed by atoms with E-state index in [1.54, 1.807) is 0 Å². The zero-order chi connectivity index (χ0) is 8.10. The van der Waals surface area contributed by atoms with Gasteiger partial charge in [-0.15, -0.1) is 0 Å². The summed E-state index contributed by atoms with van der Waals surface area (Å²) in [6.45, 7) is 0.0974. The first-order valence-electron chi connectivity index (χ1n) is 3.97. The number of amides is 1. The van der Waals surface area contributed by atoms with Crippen LogP contribution in [0.5, 0.6) is 0 Å². The Kier molecular flexibility index (Phi) is 3.11. The van der Waals surface area contributed by atoms with Crippen LogP contribution in [0, 0.1) is 0 Å². The molecule has 0 fully saturated rings. The van der Waals surface area contributed by atoms with Crippen molar-refractivity contribution >= 4 is 5.91 Å². The van der Waals surface area contributed by atoms with Crippen molar-refractivity contribution in [3.63, 3.8) is 0 Å². The molecule has 1 unspecified atom stereocenters. The highest BCUT2D eigenvalue weighted by molar-refractivity contribution is 5.78. The monoisotopic (exact) mass is 154 g/mol. The average Bonchev–Trinajstić information content (AvgIpc) is 2.06. The summed E-state index contributed by atoms with van der Waals surface area (Å²) in [5.41, 5.74) is 5.16. The van der Waals surface area contributed by atoms with Gasteiger partial charge in [0.15, 0.2) is 0 Å². The summed E-state index contributed by atoms with van der Waals surface area (Å²) in [4.78, 5) is 10.8. The first-order chi connectivity index (χ1) is 5.33. The summed E-state index contributed by atoms with van der Waals surface area (Å²) in [6, 6.07) is 0.316. The molecule has 0 bridgehead atoms. The standard InChI is InChI=1S/C8H14N2O/c9-6-8(11)10-7-4-2-1-3-5-7/h1-2,7H,3-6,9H2,(H,10,11). The minimum absolute atomic E-state index is 0.0506. The van der Waals surface area contributed by atoms with E-state index in [4.69, 9.17) is 5.73 Å². The number of nitrogens with two attached hydrogens (primary N) is 1. The Morgan fingerprint density at radius 2 is 2.45 bits per heavy atom. The number of hydrogen-bond donors (Lipinski definition) is 2. The van der Waals surface area contributed by atoms with Gasteiger partial charge in [0, 0.05) is 6.04 Å².